The zero-order valence-electron chi connectivity index (χ0n) is 20.1. The summed E-state index contributed by atoms with van der Waals surface area (Å²) in [5.74, 6) is 0.430. The minimum absolute atomic E-state index is 0.272. The number of fused-ring (bicyclic) bond motifs is 2. The summed E-state index contributed by atoms with van der Waals surface area (Å²) in [6.45, 7) is 4.93. The van der Waals surface area contributed by atoms with Crippen molar-refractivity contribution in [3.8, 4) is 22.3 Å². The molecule has 7 heteroatoms. The van der Waals surface area contributed by atoms with Crippen LogP contribution < -0.4 is 5.32 Å². The molecule has 1 aliphatic heterocycles. The second-order valence-electron chi connectivity index (χ2n) is 9.29. The number of benzene rings is 2. The van der Waals surface area contributed by atoms with E-state index in [1.807, 2.05) is 12.4 Å². The number of aromatic amines is 1. The first-order valence-corrected chi connectivity index (χ1v) is 12.0. The molecule has 3 aromatic heterocycles. The molecule has 2 N–H and O–H groups in total. The first-order valence-electron chi connectivity index (χ1n) is 12.0. The van der Waals surface area contributed by atoms with Crippen molar-refractivity contribution >= 4 is 22.4 Å². The van der Waals surface area contributed by atoms with Crippen LogP contribution in [0, 0.1) is 5.82 Å². The number of aromatic nitrogens is 4. The lowest BCUT2D eigenvalue weighted by molar-refractivity contribution is 0.628. The number of halogens is 1. The van der Waals surface area contributed by atoms with Gasteiger partial charge in [-0.1, -0.05) is 24.3 Å². The van der Waals surface area contributed by atoms with Crippen LogP contribution in [0.4, 0.5) is 10.1 Å². The second kappa shape index (κ2) is 9.00. The van der Waals surface area contributed by atoms with Crippen LogP contribution in [0.5, 0.6) is 0 Å². The van der Waals surface area contributed by atoms with E-state index in [1.54, 1.807) is 24.5 Å². The molecule has 0 saturated heterocycles. The van der Waals surface area contributed by atoms with Gasteiger partial charge in [0.15, 0.2) is 5.82 Å². The zero-order chi connectivity index (χ0) is 24.6. The van der Waals surface area contributed by atoms with Gasteiger partial charge in [-0.25, -0.2) is 9.37 Å². The predicted octanol–water partition coefficient (Wildman–Crippen LogP) is 6.04. The number of imidazole rings is 1. The highest BCUT2D eigenvalue weighted by Gasteiger charge is 2.21. The van der Waals surface area contributed by atoms with Gasteiger partial charge in [-0.2, -0.15) is 0 Å². The van der Waals surface area contributed by atoms with Crippen LogP contribution in [0.15, 0.2) is 78.3 Å². The van der Waals surface area contributed by atoms with Crippen molar-refractivity contribution in [1.29, 1.82) is 0 Å². The van der Waals surface area contributed by atoms with Crippen LogP contribution in [0.1, 0.15) is 30.8 Å². The average Bonchev–Trinajstić information content (AvgIpc) is 3.33. The molecule has 0 fully saturated rings. The molecule has 0 radical (unpaired) electrons. The number of rotatable bonds is 5. The molecule has 5 aromatic rings. The molecule has 0 spiro atoms. The van der Waals surface area contributed by atoms with Crippen molar-refractivity contribution in [2.75, 3.05) is 11.9 Å². The van der Waals surface area contributed by atoms with Crippen molar-refractivity contribution < 1.29 is 4.39 Å². The number of anilines is 1. The average molecular weight is 477 g/mol. The largest absolute Gasteiger partial charge is 0.382 e. The summed E-state index contributed by atoms with van der Waals surface area (Å²) in [5.41, 5.74) is 9.57. The third-order valence-corrected chi connectivity index (χ3v) is 6.32. The lowest BCUT2D eigenvalue weighted by atomic mass is 9.93. The van der Waals surface area contributed by atoms with Gasteiger partial charge < -0.3 is 10.3 Å². The van der Waals surface area contributed by atoms with Crippen LogP contribution in [0.25, 0.3) is 33.3 Å². The Bertz CT molecular complexity index is 1600. The molecule has 6 nitrogen and oxygen atoms in total. The number of pyridine rings is 2. The van der Waals surface area contributed by atoms with E-state index in [0.717, 1.165) is 56.7 Å². The fourth-order valence-corrected chi connectivity index (χ4v) is 4.67. The highest BCUT2D eigenvalue weighted by Crippen LogP contribution is 2.30. The molecule has 36 heavy (non-hydrogen) atoms. The van der Waals surface area contributed by atoms with Gasteiger partial charge in [-0.3, -0.25) is 15.0 Å². The SMILES string of the molecule is CC(C)Nc1cncc(-c2ccc3c(c2)C(c2nc4c(-c5ccc(F)cc5)cncc4[nH]2)=NCC3)c1. The topological polar surface area (TPSA) is 78.9 Å². The van der Waals surface area contributed by atoms with Gasteiger partial charge in [0.05, 0.1) is 22.9 Å². The Hall–Kier alpha value is -4.39. The molecular weight excluding hydrogens is 451 g/mol. The first kappa shape index (κ1) is 22.1. The highest BCUT2D eigenvalue weighted by molar-refractivity contribution is 6.14. The number of H-pyrrole nitrogens is 1. The Morgan fingerprint density at radius 2 is 1.67 bits per heavy atom. The van der Waals surface area contributed by atoms with E-state index in [-0.39, 0.29) is 5.82 Å². The maximum absolute atomic E-state index is 13.5. The summed E-state index contributed by atoms with van der Waals surface area (Å²) >= 11 is 0. The van der Waals surface area contributed by atoms with Gasteiger partial charge in [0.1, 0.15) is 11.5 Å². The molecule has 1 aliphatic rings. The van der Waals surface area contributed by atoms with E-state index in [0.29, 0.717) is 18.4 Å². The molecular formula is C29H25FN6. The lowest BCUT2D eigenvalue weighted by Gasteiger charge is -2.17. The Labute approximate surface area is 208 Å². The van der Waals surface area contributed by atoms with Crippen molar-refractivity contribution in [3.05, 3.63) is 96.1 Å². The Balaban J connectivity index is 1.41. The summed E-state index contributed by atoms with van der Waals surface area (Å²) in [6.07, 6.45) is 8.14. The van der Waals surface area contributed by atoms with Gasteiger partial charge >= 0.3 is 0 Å². The molecule has 0 amide bonds. The zero-order valence-corrected chi connectivity index (χ0v) is 20.1. The molecule has 4 heterocycles. The van der Waals surface area contributed by atoms with Gasteiger partial charge in [0, 0.05) is 47.9 Å². The molecule has 0 atom stereocenters. The summed E-state index contributed by atoms with van der Waals surface area (Å²) in [7, 11) is 0. The van der Waals surface area contributed by atoms with Crippen molar-refractivity contribution in [2.24, 2.45) is 4.99 Å². The normalized spacial score (nSPS) is 13.1. The fourth-order valence-electron chi connectivity index (χ4n) is 4.67. The third kappa shape index (κ3) is 4.13. The van der Waals surface area contributed by atoms with Crippen molar-refractivity contribution in [3.63, 3.8) is 0 Å². The second-order valence-corrected chi connectivity index (χ2v) is 9.29. The Morgan fingerprint density at radius 3 is 2.50 bits per heavy atom. The van der Waals surface area contributed by atoms with E-state index >= 15 is 0 Å². The smallest absolute Gasteiger partial charge is 0.157 e. The van der Waals surface area contributed by atoms with E-state index in [2.05, 4.69) is 58.4 Å². The first-order chi connectivity index (χ1) is 17.5. The van der Waals surface area contributed by atoms with Crippen molar-refractivity contribution in [1.82, 2.24) is 19.9 Å². The van der Waals surface area contributed by atoms with Crippen molar-refractivity contribution in [2.45, 2.75) is 26.3 Å². The molecule has 178 valence electrons. The van der Waals surface area contributed by atoms with E-state index in [4.69, 9.17) is 9.98 Å². The summed E-state index contributed by atoms with van der Waals surface area (Å²) in [5, 5.41) is 3.42. The summed E-state index contributed by atoms with van der Waals surface area (Å²) in [4.78, 5) is 22.0. The van der Waals surface area contributed by atoms with Crippen LogP contribution in [0.2, 0.25) is 0 Å². The number of nitrogens with one attached hydrogen (secondary N) is 2. The van der Waals surface area contributed by atoms with E-state index in [9.17, 15) is 4.39 Å². The van der Waals surface area contributed by atoms with Gasteiger partial charge in [0.2, 0.25) is 0 Å². The number of nitrogens with zero attached hydrogens (tertiary/aromatic N) is 4. The maximum atomic E-state index is 13.5. The van der Waals surface area contributed by atoms with Crippen LogP contribution in [0.3, 0.4) is 0 Å². The van der Waals surface area contributed by atoms with Crippen LogP contribution in [-0.2, 0) is 6.42 Å². The Kier molecular flexibility index (Phi) is 5.52. The van der Waals surface area contributed by atoms with E-state index in [1.165, 1.54) is 17.7 Å². The minimum atomic E-state index is -0.272. The quantitative estimate of drug-likeness (QED) is 0.324. The van der Waals surface area contributed by atoms with Crippen LogP contribution >= 0.6 is 0 Å². The number of aliphatic imine (C=N–C) groups is 1. The molecule has 0 unspecified atom stereocenters. The molecule has 6 rings (SSSR count). The minimum Gasteiger partial charge on any atom is -0.382 e. The van der Waals surface area contributed by atoms with E-state index < -0.39 is 0 Å². The predicted molar refractivity (Wildman–Crippen MR) is 142 cm³/mol. The third-order valence-electron chi connectivity index (χ3n) is 6.32. The lowest BCUT2D eigenvalue weighted by Crippen LogP contribution is -2.15. The number of hydrogen-bond acceptors (Lipinski definition) is 5. The molecule has 2 aromatic carbocycles. The number of hydrogen-bond donors (Lipinski definition) is 2. The molecule has 0 bridgehead atoms. The van der Waals surface area contributed by atoms with Gasteiger partial charge in [-0.05, 0) is 61.2 Å². The highest BCUT2D eigenvalue weighted by atomic mass is 19.1. The van der Waals surface area contributed by atoms with Crippen LogP contribution in [-0.4, -0.2) is 38.2 Å². The summed E-state index contributed by atoms with van der Waals surface area (Å²) < 4.78 is 13.5. The summed E-state index contributed by atoms with van der Waals surface area (Å²) in [6, 6.07) is 15.3. The molecule has 0 aliphatic carbocycles. The van der Waals surface area contributed by atoms with Gasteiger partial charge in [0.25, 0.3) is 0 Å². The fraction of sp³-hybridized carbons (Fsp3) is 0.172. The maximum Gasteiger partial charge on any atom is 0.157 e. The standard InChI is InChI=1S/C29H25FN6/c1-17(2)34-23-11-21(13-31-14-23)20-4-3-19-9-10-33-28(24(19)12-20)29-35-26-16-32-15-25(27(26)36-29)18-5-7-22(30)8-6-18/h3-8,11-17,34H,9-10H2,1-2H3,(H,35,36). The van der Waals surface area contributed by atoms with Gasteiger partial charge in [-0.15, -0.1) is 0 Å². The molecule has 0 saturated carbocycles. The Morgan fingerprint density at radius 1 is 0.861 bits per heavy atom. The monoisotopic (exact) mass is 476 g/mol.